The van der Waals surface area contributed by atoms with Crippen molar-refractivity contribution in [1.29, 1.82) is 0 Å². The molecule has 62 heavy (non-hydrogen) atoms. The third kappa shape index (κ3) is 5.10. The number of hydrogen-bond donors (Lipinski definition) is 0. The predicted molar refractivity (Wildman–Crippen MR) is 255 cm³/mol. The number of aromatic nitrogens is 2. The SMILES string of the molecule is CC12c3cc(-c4cc(-c5ccc(-c6ccccc6)cc5)nc(-c5ccccc5)n4)ccc3-c3cccc(c3)-c3cccc4c3-c3cc1c(cc3C41CCCCC1)-c1ccccc12. The number of nitrogens with zero attached hydrogens (tertiary/aromatic N) is 2. The van der Waals surface area contributed by atoms with Crippen LogP contribution in [-0.4, -0.2) is 9.97 Å². The third-order valence-corrected chi connectivity index (χ3v) is 14.9. The molecule has 1 fully saturated rings. The van der Waals surface area contributed by atoms with Crippen LogP contribution in [0.25, 0.3) is 89.5 Å². The minimum atomic E-state index is -0.435. The van der Waals surface area contributed by atoms with E-state index in [-0.39, 0.29) is 5.41 Å². The lowest BCUT2D eigenvalue weighted by Crippen LogP contribution is -2.28. The van der Waals surface area contributed by atoms with E-state index in [0.717, 1.165) is 33.9 Å². The van der Waals surface area contributed by atoms with E-state index in [1.165, 1.54) is 110 Å². The molecule has 4 bridgehead atoms. The summed E-state index contributed by atoms with van der Waals surface area (Å²) in [6.07, 6.45) is 6.29. The molecule has 1 atom stereocenters. The summed E-state index contributed by atoms with van der Waals surface area (Å²) in [7, 11) is 0. The first kappa shape index (κ1) is 35.6. The predicted octanol–water partition coefficient (Wildman–Crippen LogP) is 15.4. The summed E-state index contributed by atoms with van der Waals surface area (Å²) in [5.41, 5.74) is 24.8. The highest BCUT2D eigenvalue weighted by atomic mass is 14.9. The fourth-order valence-electron chi connectivity index (χ4n) is 11.9. The topological polar surface area (TPSA) is 25.8 Å². The second kappa shape index (κ2) is 13.4. The fraction of sp³-hybridized carbons (Fsp3) is 0.133. The van der Waals surface area contributed by atoms with E-state index in [0.29, 0.717) is 0 Å². The molecular formula is C60H44N2. The largest absolute Gasteiger partial charge is 0.228 e. The molecule has 4 aliphatic carbocycles. The molecule has 1 spiro atoms. The van der Waals surface area contributed by atoms with E-state index in [4.69, 9.17) is 9.97 Å². The molecule has 1 aromatic heterocycles. The molecule has 1 saturated carbocycles. The maximum Gasteiger partial charge on any atom is 0.160 e. The average molecular weight is 793 g/mol. The zero-order valence-corrected chi connectivity index (χ0v) is 34.8. The number of fused-ring (bicyclic) bond motifs is 11. The van der Waals surface area contributed by atoms with Gasteiger partial charge in [-0.15, -0.1) is 0 Å². The second-order valence-electron chi connectivity index (χ2n) is 18.1. The lowest BCUT2D eigenvalue weighted by molar-refractivity contribution is 0.353. The Balaban J connectivity index is 1.06. The summed E-state index contributed by atoms with van der Waals surface area (Å²) < 4.78 is 0. The Morgan fingerprint density at radius 2 is 0.903 bits per heavy atom. The Morgan fingerprint density at radius 1 is 0.339 bits per heavy atom. The van der Waals surface area contributed by atoms with Crippen molar-refractivity contribution in [2.75, 3.05) is 0 Å². The molecule has 2 heteroatoms. The van der Waals surface area contributed by atoms with Crippen LogP contribution in [0.4, 0.5) is 0 Å². The normalized spacial score (nSPS) is 17.0. The Hall–Kier alpha value is -7.16. The zero-order valence-electron chi connectivity index (χ0n) is 34.8. The molecule has 8 aromatic carbocycles. The van der Waals surface area contributed by atoms with Crippen LogP contribution in [0.1, 0.15) is 66.8 Å². The quantitative estimate of drug-likeness (QED) is 0.177. The minimum Gasteiger partial charge on any atom is -0.228 e. The van der Waals surface area contributed by atoms with E-state index in [2.05, 4.69) is 195 Å². The monoisotopic (exact) mass is 792 g/mol. The van der Waals surface area contributed by atoms with Crippen molar-refractivity contribution in [3.8, 4) is 89.5 Å². The van der Waals surface area contributed by atoms with E-state index in [1.54, 1.807) is 5.56 Å². The van der Waals surface area contributed by atoms with Crippen molar-refractivity contribution >= 4 is 0 Å². The van der Waals surface area contributed by atoms with Gasteiger partial charge in [-0.1, -0.05) is 177 Å². The van der Waals surface area contributed by atoms with Crippen molar-refractivity contribution in [3.63, 3.8) is 0 Å². The summed E-state index contributed by atoms with van der Waals surface area (Å²) in [4.78, 5) is 10.6. The van der Waals surface area contributed by atoms with Gasteiger partial charge in [-0.05, 0) is 134 Å². The van der Waals surface area contributed by atoms with E-state index in [1.807, 2.05) is 0 Å². The van der Waals surface area contributed by atoms with Gasteiger partial charge >= 0.3 is 0 Å². The van der Waals surface area contributed by atoms with E-state index in [9.17, 15) is 0 Å². The molecule has 2 nitrogen and oxygen atoms in total. The van der Waals surface area contributed by atoms with Gasteiger partial charge in [0, 0.05) is 27.5 Å². The molecule has 4 aliphatic rings. The van der Waals surface area contributed by atoms with Gasteiger partial charge in [0.1, 0.15) is 0 Å². The Labute approximate surface area is 363 Å². The summed E-state index contributed by atoms with van der Waals surface area (Å²) in [5, 5.41) is 0. The van der Waals surface area contributed by atoms with Crippen LogP contribution in [0.5, 0.6) is 0 Å². The molecule has 0 radical (unpaired) electrons. The zero-order chi connectivity index (χ0) is 41.0. The molecule has 1 heterocycles. The molecule has 0 aliphatic heterocycles. The molecule has 13 rings (SSSR count). The summed E-state index contributed by atoms with van der Waals surface area (Å²) in [6, 6.07) is 70.1. The van der Waals surface area contributed by atoms with Crippen molar-refractivity contribution in [1.82, 2.24) is 9.97 Å². The summed E-state index contributed by atoms with van der Waals surface area (Å²) in [6.45, 7) is 2.49. The van der Waals surface area contributed by atoms with Gasteiger partial charge in [0.15, 0.2) is 5.82 Å². The molecule has 294 valence electrons. The maximum absolute atomic E-state index is 5.37. The molecule has 1 unspecified atom stereocenters. The summed E-state index contributed by atoms with van der Waals surface area (Å²) >= 11 is 0. The first-order valence-electron chi connectivity index (χ1n) is 22.4. The second-order valence-corrected chi connectivity index (χ2v) is 18.1. The van der Waals surface area contributed by atoms with Crippen molar-refractivity contribution in [2.24, 2.45) is 0 Å². The average Bonchev–Trinajstić information content (AvgIpc) is 3.76. The van der Waals surface area contributed by atoms with Crippen molar-refractivity contribution < 1.29 is 0 Å². The van der Waals surface area contributed by atoms with Gasteiger partial charge in [-0.3, -0.25) is 0 Å². The van der Waals surface area contributed by atoms with Crippen LogP contribution in [0.3, 0.4) is 0 Å². The lowest BCUT2D eigenvalue weighted by atomic mass is 9.67. The van der Waals surface area contributed by atoms with E-state index >= 15 is 0 Å². The van der Waals surface area contributed by atoms with Gasteiger partial charge in [-0.25, -0.2) is 9.97 Å². The molecule has 0 amide bonds. The number of hydrogen-bond acceptors (Lipinski definition) is 2. The van der Waals surface area contributed by atoms with E-state index < -0.39 is 5.41 Å². The van der Waals surface area contributed by atoms with Gasteiger partial charge < -0.3 is 0 Å². The van der Waals surface area contributed by atoms with Crippen molar-refractivity contribution in [3.05, 3.63) is 216 Å². The van der Waals surface area contributed by atoms with Crippen LogP contribution in [0, 0.1) is 0 Å². The third-order valence-electron chi connectivity index (χ3n) is 14.9. The Bertz CT molecular complexity index is 3260. The van der Waals surface area contributed by atoms with Crippen molar-refractivity contribution in [2.45, 2.75) is 49.9 Å². The molecule has 0 saturated heterocycles. The molecular weight excluding hydrogens is 749 g/mol. The standard InChI is InChI=1S/C60H44N2/c1-59-50-23-10-9-21-47(50)48-35-54-49(36-53(48)59)57-46(22-14-24-51(57)60(54)31-11-4-12-32-60)43-20-13-19-42(33-43)45-30-29-44(34-52(45)59)56-37-55(61-58(62-56)41-17-7-3-8-18-41)40-27-25-39(26-28-40)38-15-5-2-6-16-38/h2-3,5-10,13-30,33-37H,4,11-12,31-32H2,1H3. The smallest absolute Gasteiger partial charge is 0.160 e. The lowest BCUT2D eigenvalue weighted by Gasteiger charge is -2.36. The Kier molecular flexibility index (Phi) is 7.70. The van der Waals surface area contributed by atoms with Crippen LogP contribution >= 0.6 is 0 Å². The first-order chi connectivity index (χ1) is 30.6. The van der Waals surface area contributed by atoms with Gasteiger partial charge in [0.2, 0.25) is 0 Å². The van der Waals surface area contributed by atoms with Crippen LogP contribution < -0.4 is 0 Å². The summed E-state index contributed by atoms with van der Waals surface area (Å²) in [5.74, 6) is 0.720. The van der Waals surface area contributed by atoms with Gasteiger partial charge in [0.25, 0.3) is 0 Å². The highest BCUT2D eigenvalue weighted by Crippen LogP contribution is 2.63. The maximum atomic E-state index is 5.37. The van der Waals surface area contributed by atoms with Crippen LogP contribution in [0.15, 0.2) is 188 Å². The minimum absolute atomic E-state index is 0.0533. The first-order valence-corrected chi connectivity index (χ1v) is 22.4. The number of rotatable bonds is 4. The highest BCUT2D eigenvalue weighted by molar-refractivity contribution is 5.98. The number of benzene rings is 8. The highest BCUT2D eigenvalue weighted by Gasteiger charge is 2.49. The fourth-order valence-corrected chi connectivity index (χ4v) is 11.9. The molecule has 9 aromatic rings. The Morgan fingerprint density at radius 3 is 1.69 bits per heavy atom. The molecule has 0 N–H and O–H groups in total. The van der Waals surface area contributed by atoms with Gasteiger partial charge in [-0.2, -0.15) is 0 Å². The van der Waals surface area contributed by atoms with Gasteiger partial charge in [0.05, 0.1) is 11.4 Å². The van der Waals surface area contributed by atoms with Crippen LogP contribution in [0.2, 0.25) is 0 Å². The van der Waals surface area contributed by atoms with Crippen LogP contribution in [-0.2, 0) is 10.8 Å².